The van der Waals surface area contributed by atoms with E-state index in [2.05, 4.69) is 20.8 Å². The third-order valence-corrected chi connectivity index (χ3v) is 5.09. The van der Waals surface area contributed by atoms with Crippen LogP contribution in [0.4, 0.5) is 13.6 Å². The normalized spacial score (nSPS) is 18.9. The standard InChI is InChI=1S/C19H27F2N5O5/c1-3-12(14(27)17-25-24-16(31-17)11-4-5-11)22-15(28)13(10-19(2,20)21)23-18(29)26-6-8-30-9-7-26/h11-13H,3-10H2,1-2H3,(H,22,28)(H,23,29)/t12-,13?/m0/s1. The molecule has 2 atom stereocenters. The molecule has 3 rings (SSSR count). The van der Waals surface area contributed by atoms with E-state index in [-0.39, 0.29) is 18.2 Å². The van der Waals surface area contributed by atoms with Crippen LogP contribution in [0.15, 0.2) is 4.42 Å². The fraction of sp³-hybridized carbons (Fsp3) is 0.737. The zero-order valence-corrected chi connectivity index (χ0v) is 17.5. The van der Waals surface area contributed by atoms with Crippen molar-refractivity contribution < 1.29 is 32.3 Å². The summed E-state index contributed by atoms with van der Waals surface area (Å²) in [5.41, 5.74) is 0. The molecule has 12 heteroatoms. The summed E-state index contributed by atoms with van der Waals surface area (Å²) in [6.07, 6.45) is 1.10. The Labute approximate surface area is 178 Å². The number of nitrogens with zero attached hydrogens (tertiary/aromatic N) is 3. The van der Waals surface area contributed by atoms with Crippen LogP contribution in [0, 0.1) is 0 Å². The molecule has 1 aliphatic carbocycles. The minimum Gasteiger partial charge on any atom is -0.418 e. The van der Waals surface area contributed by atoms with Gasteiger partial charge in [0.05, 0.1) is 19.3 Å². The fourth-order valence-corrected chi connectivity index (χ4v) is 3.18. The van der Waals surface area contributed by atoms with E-state index in [1.807, 2.05) is 0 Å². The molecule has 1 aliphatic heterocycles. The van der Waals surface area contributed by atoms with Crippen LogP contribution in [0.5, 0.6) is 0 Å². The van der Waals surface area contributed by atoms with Crippen LogP contribution in [0.3, 0.4) is 0 Å². The van der Waals surface area contributed by atoms with Crippen molar-refractivity contribution in [2.24, 2.45) is 0 Å². The lowest BCUT2D eigenvalue weighted by Crippen LogP contribution is -2.56. The van der Waals surface area contributed by atoms with Gasteiger partial charge in [0.1, 0.15) is 6.04 Å². The number of urea groups is 1. The number of carbonyl (C=O) groups excluding carboxylic acids is 3. The minimum absolute atomic E-state index is 0.162. The summed E-state index contributed by atoms with van der Waals surface area (Å²) in [5, 5.41) is 12.4. The maximum absolute atomic E-state index is 13.7. The van der Waals surface area contributed by atoms with Crippen molar-refractivity contribution >= 4 is 17.7 Å². The van der Waals surface area contributed by atoms with Gasteiger partial charge < -0.3 is 24.7 Å². The molecule has 1 aromatic rings. The van der Waals surface area contributed by atoms with Crippen LogP contribution in [0.2, 0.25) is 0 Å². The van der Waals surface area contributed by atoms with Gasteiger partial charge in [-0.15, -0.1) is 10.2 Å². The smallest absolute Gasteiger partial charge is 0.318 e. The molecule has 0 radical (unpaired) electrons. The van der Waals surface area contributed by atoms with Crippen molar-refractivity contribution in [3.05, 3.63) is 11.8 Å². The highest BCUT2D eigenvalue weighted by atomic mass is 19.3. The second-order valence-electron chi connectivity index (χ2n) is 7.93. The van der Waals surface area contributed by atoms with Gasteiger partial charge in [-0.25, -0.2) is 13.6 Å². The second kappa shape index (κ2) is 9.67. The van der Waals surface area contributed by atoms with Crippen LogP contribution in [0.25, 0.3) is 0 Å². The van der Waals surface area contributed by atoms with Crippen molar-refractivity contribution in [1.82, 2.24) is 25.7 Å². The zero-order valence-electron chi connectivity index (χ0n) is 17.5. The highest BCUT2D eigenvalue weighted by Crippen LogP contribution is 2.39. The number of amides is 3. The molecule has 0 aromatic carbocycles. The Hall–Kier alpha value is -2.63. The number of rotatable bonds is 9. The number of hydrogen-bond donors (Lipinski definition) is 2. The average molecular weight is 443 g/mol. The van der Waals surface area contributed by atoms with Gasteiger partial charge in [-0.3, -0.25) is 9.59 Å². The highest BCUT2D eigenvalue weighted by molar-refractivity contribution is 5.99. The Morgan fingerprint density at radius 3 is 2.42 bits per heavy atom. The molecule has 0 bridgehead atoms. The van der Waals surface area contributed by atoms with E-state index in [0.717, 1.165) is 12.8 Å². The largest absolute Gasteiger partial charge is 0.418 e. The summed E-state index contributed by atoms with van der Waals surface area (Å²) in [7, 11) is 0. The lowest BCUT2D eigenvalue weighted by atomic mass is 10.1. The number of morpholine rings is 1. The third kappa shape index (κ3) is 6.42. The van der Waals surface area contributed by atoms with E-state index in [1.165, 1.54) is 4.90 Å². The summed E-state index contributed by atoms with van der Waals surface area (Å²) >= 11 is 0. The molecular formula is C19H27F2N5O5. The van der Waals surface area contributed by atoms with E-state index in [1.54, 1.807) is 6.92 Å². The maximum atomic E-state index is 13.7. The molecule has 2 N–H and O–H groups in total. The van der Waals surface area contributed by atoms with Crippen LogP contribution >= 0.6 is 0 Å². The Bertz CT molecular complexity index is 802. The molecule has 2 aliphatic rings. The number of hydrogen-bond acceptors (Lipinski definition) is 7. The first-order valence-electron chi connectivity index (χ1n) is 10.4. The average Bonchev–Trinajstić information content (AvgIpc) is 3.47. The molecule has 1 saturated carbocycles. The maximum Gasteiger partial charge on any atom is 0.318 e. The summed E-state index contributed by atoms with van der Waals surface area (Å²) in [4.78, 5) is 39.2. The van der Waals surface area contributed by atoms with Gasteiger partial charge in [0.2, 0.25) is 23.5 Å². The summed E-state index contributed by atoms with van der Waals surface area (Å²) < 4.78 is 37.9. The Morgan fingerprint density at radius 1 is 1.16 bits per heavy atom. The number of aromatic nitrogens is 2. The molecular weight excluding hydrogens is 416 g/mol. The number of nitrogens with one attached hydrogen (secondary N) is 2. The topological polar surface area (TPSA) is 127 Å². The molecule has 2 fully saturated rings. The van der Waals surface area contributed by atoms with Crippen LogP contribution in [-0.2, 0) is 9.53 Å². The number of carbonyl (C=O) groups is 3. The summed E-state index contributed by atoms with van der Waals surface area (Å²) in [5.74, 6) is -4.38. The fourth-order valence-electron chi connectivity index (χ4n) is 3.18. The van der Waals surface area contributed by atoms with Crippen molar-refractivity contribution in [2.45, 2.75) is 63.5 Å². The summed E-state index contributed by atoms with van der Waals surface area (Å²) in [6, 6.07) is -3.21. The number of ether oxygens (including phenoxy) is 1. The molecule has 3 amide bonds. The first-order chi connectivity index (χ1) is 14.7. The first kappa shape index (κ1) is 23.0. The zero-order chi connectivity index (χ0) is 22.6. The van der Waals surface area contributed by atoms with Crippen LogP contribution < -0.4 is 10.6 Å². The highest BCUT2D eigenvalue weighted by Gasteiger charge is 2.36. The van der Waals surface area contributed by atoms with Crippen molar-refractivity contribution in [3.8, 4) is 0 Å². The van der Waals surface area contributed by atoms with Gasteiger partial charge in [-0.05, 0) is 26.2 Å². The Balaban J connectivity index is 1.66. The van der Waals surface area contributed by atoms with E-state index in [9.17, 15) is 23.2 Å². The number of Topliss-reactive ketones (excluding diaryl/α,β-unsaturated/α-hetero) is 1. The molecule has 1 aromatic heterocycles. The molecule has 31 heavy (non-hydrogen) atoms. The summed E-state index contributed by atoms with van der Waals surface area (Å²) in [6.45, 7) is 3.55. The second-order valence-corrected chi connectivity index (χ2v) is 7.93. The molecule has 1 unspecified atom stereocenters. The molecule has 10 nitrogen and oxygen atoms in total. The molecule has 172 valence electrons. The van der Waals surface area contributed by atoms with Crippen molar-refractivity contribution in [1.29, 1.82) is 0 Å². The van der Waals surface area contributed by atoms with E-state index in [0.29, 0.717) is 39.1 Å². The number of alkyl halides is 2. The van der Waals surface area contributed by atoms with E-state index in [4.69, 9.17) is 9.15 Å². The van der Waals surface area contributed by atoms with Crippen molar-refractivity contribution in [2.75, 3.05) is 26.3 Å². The van der Waals surface area contributed by atoms with Crippen LogP contribution in [-0.4, -0.2) is 77.1 Å². The Kier molecular flexibility index (Phi) is 7.19. The SMILES string of the molecule is CC[C@H](NC(=O)C(CC(C)(F)F)NC(=O)N1CCOCC1)C(=O)c1nnc(C2CC2)o1. The van der Waals surface area contributed by atoms with Gasteiger partial charge >= 0.3 is 6.03 Å². The van der Waals surface area contributed by atoms with Gasteiger partial charge in [0.25, 0.3) is 5.89 Å². The molecule has 1 saturated heterocycles. The Morgan fingerprint density at radius 2 is 1.84 bits per heavy atom. The van der Waals surface area contributed by atoms with Gasteiger partial charge in [-0.2, -0.15) is 0 Å². The molecule has 0 spiro atoms. The van der Waals surface area contributed by atoms with E-state index < -0.39 is 42.1 Å². The van der Waals surface area contributed by atoms with Gasteiger partial charge in [0.15, 0.2) is 0 Å². The quantitative estimate of drug-likeness (QED) is 0.554. The predicted octanol–water partition coefficient (Wildman–Crippen LogP) is 1.48. The lowest BCUT2D eigenvalue weighted by molar-refractivity contribution is -0.125. The van der Waals surface area contributed by atoms with Crippen molar-refractivity contribution in [3.63, 3.8) is 0 Å². The van der Waals surface area contributed by atoms with E-state index >= 15 is 0 Å². The monoisotopic (exact) mass is 443 g/mol. The first-order valence-corrected chi connectivity index (χ1v) is 10.4. The van der Waals surface area contributed by atoms with Crippen LogP contribution in [0.1, 0.15) is 62.0 Å². The molecule has 2 heterocycles. The number of halogens is 2. The van der Waals surface area contributed by atoms with Gasteiger partial charge in [0, 0.05) is 25.4 Å². The minimum atomic E-state index is -3.21. The lowest BCUT2D eigenvalue weighted by Gasteiger charge is -2.30. The number of ketones is 1. The van der Waals surface area contributed by atoms with Gasteiger partial charge in [-0.1, -0.05) is 6.92 Å². The predicted molar refractivity (Wildman–Crippen MR) is 103 cm³/mol. The third-order valence-electron chi connectivity index (χ3n) is 5.09.